The van der Waals surface area contributed by atoms with Crippen LogP contribution in [0, 0.1) is 0 Å². The minimum absolute atomic E-state index is 0.296. The molecule has 0 aliphatic rings. The van der Waals surface area contributed by atoms with E-state index in [2.05, 4.69) is 43.3 Å². The molecule has 0 saturated heterocycles. The van der Waals surface area contributed by atoms with Gasteiger partial charge in [0.05, 0.1) is 9.30 Å². The number of hydrogen-bond donors (Lipinski definition) is 2. The van der Waals surface area contributed by atoms with Gasteiger partial charge in [-0.25, -0.2) is 4.98 Å². The zero-order valence-corrected chi connectivity index (χ0v) is 13.0. The van der Waals surface area contributed by atoms with Crippen molar-refractivity contribution >= 4 is 49.9 Å². The number of hydrogen-bond acceptors (Lipinski definition) is 5. The van der Waals surface area contributed by atoms with Crippen LogP contribution in [0.25, 0.3) is 10.9 Å². The van der Waals surface area contributed by atoms with Gasteiger partial charge >= 0.3 is 0 Å². The highest BCUT2D eigenvalue weighted by Gasteiger charge is 2.05. The summed E-state index contributed by atoms with van der Waals surface area (Å²) in [5.41, 5.74) is 6.61. The Morgan fingerprint density at radius 1 is 1.15 bits per heavy atom. The lowest BCUT2D eigenvalue weighted by Crippen LogP contribution is -2.08. The standard InChI is InChI=1S/C14H13BrN4S/c15-12-6-5-9(20-12)7-8-17-13-10-3-1-2-4-11(10)18-14(16)19-13/h1-6H,7-8H2,(H3,16,17,18,19). The van der Waals surface area contributed by atoms with Crippen molar-refractivity contribution in [3.05, 3.63) is 45.1 Å². The summed E-state index contributed by atoms with van der Waals surface area (Å²) in [6.45, 7) is 0.813. The van der Waals surface area contributed by atoms with Gasteiger partial charge in [0.2, 0.25) is 5.95 Å². The van der Waals surface area contributed by atoms with Crippen molar-refractivity contribution in [2.24, 2.45) is 0 Å². The molecule has 3 aromatic rings. The Kier molecular flexibility index (Phi) is 3.84. The molecule has 0 unspecified atom stereocenters. The number of rotatable bonds is 4. The number of fused-ring (bicyclic) bond motifs is 1. The van der Waals surface area contributed by atoms with Crippen LogP contribution in [0.3, 0.4) is 0 Å². The van der Waals surface area contributed by atoms with Crippen LogP contribution in [0.4, 0.5) is 11.8 Å². The second-order valence-electron chi connectivity index (χ2n) is 4.33. The zero-order valence-electron chi connectivity index (χ0n) is 10.6. The smallest absolute Gasteiger partial charge is 0.222 e. The Hall–Kier alpha value is -1.66. The van der Waals surface area contributed by atoms with Crippen LogP contribution in [0.2, 0.25) is 0 Å². The van der Waals surface area contributed by atoms with E-state index in [4.69, 9.17) is 5.73 Å². The molecule has 3 N–H and O–H groups in total. The SMILES string of the molecule is Nc1nc(NCCc2ccc(Br)s2)c2ccccc2n1. The van der Waals surface area contributed by atoms with E-state index in [1.54, 1.807) is 11.3 Å². The maximum Gasteiger partial charge on any atom is 0.222 e. The highest BCUT2D eigenvalue weighted by molar-refractivity contribution is 9.11. The molecule has 0 radical (unpaired) electrons. The van der Waals surface area contributed by atoms with Gasteiger partial charge in [-0.3, -0.25) is 0 Å². The first kappa shape index (κ1) is 13.3. The van der Waals surface area contributed by atoms with Crippen LogP contribution >= 0.6 is 27.3 Å². The van der Waals surface area contributed by atoms with Crippen molar-refractivity contribution in [2.75, 3.05) is 17.6 Å². The van der Waals surface area contributed by atoms with E-state index in [1.165, 1.54) is 4.88 Å². The number of nitrogens with zero attached hydrogens (tertiary/aromatic N) is 2. The number of nitrogens with one attached hydrogen (secondary N) is 1. The first-order valence-corrected chi connectivity index (χ1v) is 7.83. The van der Waals surface area contributed by atoms with Crippen molar-refractivity contribution in [1.82, 2.24) is 9.97 Å². The van der Waals surface area contributed by atoms with E-state index in [0.29, 0.717) is 5.95 Å². The van der Waals surface area contributed by atoms with E-state index in [0.717, 1.165) is 33.5 Å². The maximum atomic E-state index is 5.74. The van der Waals surface area contributed by atoms with Gasteiger partial charge < -0.3 is 11.1 Å². The molecular formula is C14H13BrN4S. The lowest BCUT2D eigenvalue weighted by molar-refractivity contribution is 1.03. The first-order chi connectivity index (χ1) is 9.72. The molecule has 2 aromatic heterocycles. The molecule has 0 fully saturated rings. The minimum Gasteiger partial charge on any atom is -0.369 e. The molecule has 0 amide bonds. The fourth-order valence-corrected chi connectivity index (χ4v) is 3.50. The molecule has 20 heavy (non-hydrogen) atoms. The van der Waals surface area contributed by atoms with E-state index < -0.39 is 0 Å². The third-order valence-corrected chi connectivity index (χ3v) is 4.60. The second kappa shape index (κ2) is 5.76. The molecule has 0 atom stereocenters. The summed E-state index contributed by atoms with van der Waals surface area (Å²) in [6, 6.07) is 12.1. The third kappa shape index (κ3) is 2.91. The van der Waals surface area contributed by atoms with Crippen molar-refractivity contribution < 1.29 is 0 Å². The number of nitrogen functional groups attached to an aromatic ring is 1. The number of para-hydroxylation sites is 1. The highest BCUT2D eigenvalue weighted by Crippen LogP contribution is 2.23. The topological polar surface area (TPSA) is 63.8 Å². The fourth-order valence-electron chi connectivity index (χ4n) is 2.02. The minimum atomic E-state index is 0.296. The molecule has 4 nitrogen and oxygen atoms in total. The lowest BCUT2D eigenvalue weighted by Gasteiger charge is -2.08. The Morgan fingerprint density at radius 3 is 2.80 bits per heavy atom. The Bertz CT molecular complexity index is 741. The molecule has 3 rings (SSSR count). The summed E-state index contributed by atoms with van der Waals surface area (Å²) in [6.07, 6.45) is 0.953. The van der Waals surface area contributed by atoms with Crippen LogP contribution in [-0.4, -0.2) is 16.5 Å². The Balaban J connectivity index is 1.77. The van der Waals surface area contributed by atoms with Crippen molar-refractivity contribution in [2.45, 2.75) is 6.42 Å². The van der Waals surface area contributed by atoms with Crippen LogP contribution in [0.1, 0.15) is 4.88 Å². The van der Waals surface area contributed by atoms with E-state index in [-0.39, 0.29) is 0 Å². The third-order valence-electron chi connectivity index (χ3n) is 2.91. The monoisotopic (exact) mass is 348 g/mol. The van der Waals surface area contributed by atoms with Gasteiger partial charge in [0.15, 0.2) is 0 Å². The van der Waals surface area contributed by atoms with Crippen LogP contribution in [0.15, 0.2) is 40.2 Å². The van der Waals surface area contributed by atoms with Crippen LogP contribution < -0.4 is 11.1 Å². The molecule has 2 heterocycles. The molecule has 0 spiro atoms. The molecular weight excluding hydrogens is 336 g/mol. The van der Waals surface area contributed by atoms with Gasteiger partial charge in [-0.15, -0.1) is 11.3 Å². The van der Waals surface area contributed by atoms with Crippen LogP contribution in [0.5, 0.6) is 0 Å². The second-order valence-corrected chi connectivity index (χ2v) is 6.88. The van der Waals surface area contributed by atoms with Crippen molar-refractivity contribution in [1.29, 1.82) is 0 Å². The zero-order chi connectivity index (χ0) is 13.9. The molecule has 0 saturated carbocycles. The fraction of sp³-hybridized carbons (Fsp3) is 0.143. The molecule has 0 aliphatic carbocycles. The molecule has 1 aromatic carbocycles. The number of thiophene rings is 1. The maximum absolute atomic E-state index is 5.74. The Labute approximate surface area is 129 Å². The number of halogens is 1. The predicted octanol–water partition coefficient (Wildman–Crippen LogP) is 3.69. The number of anilines is 2. The predicted molar refractivity (Wildman–Crippen MR) is 88.2 cm³/mol. The Morgan fingerprint density at radius 2 is 2.00 bits per heavy atom. The van der Waals surface area contributed by atoms with E-state index >= 15 is 0 Å². The average Bonchev–Trinajstić information content (AvgIpc) is 2.84. The largest absolute Gasteiger partial charge is 0.369 e. The van der Waals surface area contributed by atoms with E-state index in [1.807, 2.05) is 24.3 Å². The summed E-state index contributed by atoms with van der Waals surface area (Å²) in [5, 5.41) is 4.34. The molecule has 0 bridgehead atoms. The normalized spacial score (nSPS) is 10.8. The van der Waals surface area contributed by atoms with Gasteiger partial charge in [-0.2, -0.15) is 4.98 Å². The van der Waals surface area contributed by atoms with Crippen LogP contribution in [-0.2, 0) is 6.42 Å². The summed E-state index contributed by atoms with van der Waals surface area (Å²) in [5.74, 6) is 1.09. The molecule has 0 aliphatic heterocycles. The van der Waals surface area contributed by atoms with Gasteiger partial charge in [0, 0.05) is 16.8 Å². The average molecular weight is 349 g/mol. The number of nitrogens with two attached hydrogens (primary N) is 1. The first-order valence-electron chi connectivity index (χ1n) is 6.23. The van der Waals surface area contributed by atoms with Crippen molar-refractivity contribution in [3.8, 4) is 0 Å². The number of aromatic nitrogens is 2. The lowest BCUT2D eigenvalue weighted by atomic mass is 10.2. The quantitative estimate of drug-likeness (QED) is 0.754. The van der Waals surface area contributed by atoms with Gasteiger partial charge in [0.25, 0.3) is 0 Å². The number of benzene rings is 1. The van der Waals surface area contributed by atoms with Gasteiger partial charge in [-0.05, 0) is 46.6 Å². The van der Waals surface area contributed by atoms with Crippen molar-refractivity contribution in [3.63, 3.8) is 0 Å². The summed E-state index contributed by atoms with van der Waals surface area (Å²) in [4.78, 5) is 9.85. The summed E-state index contributed by atoms with van der Waals surface area (Å²) < 4.78 is 1.16. The highest BCUT2D eigenvalue weighted by atomic mass is 79.9. The summed E-state index contributed by atoms with van der Waals surface area (Å²) in [7, 11) is 0. The molecule has 102 valence electrons. The van der Waals surface area contributed by atoms with Gasteiger partial charge in [0.1, 0.15) is 5.82 Å². The summed E-state index contributed by atoms with van der Waals surface area (Å²) >= 11 is 5.22. The van der Waals surface area contributed by atoms with E-state index in [9.17, 15) is 0 Å². The van der Waals surface area contributed by atoms with Gasteiger partial charge in [-0.1, -0.05) is 12.1 Å². The molecule has 6 heteroatoms.